The summed E-state index contributed by atoms with van der Waals surface area (Å²) in [7, 11) is 2.20. The van der Waals surface area contributed by atoms with Crippen LogP contribution < -0.4 is 0 Å². The Kier molecular flexibility index (Phi) is 4.79. The van der Waals surface area contributed by atoms with E-state index in [4.69, 9.17) is 0 Å². The number of piperazine rings is 1. The summed E-state index contributed by atoms with van der Waals surface area (Å²) < 4.78 is 2.37. The van der Waals surface area contributed by atoms with Crippen molar-refractivity contribution in [1.29, 1.82) is 0 Å². The molecule has 0 N–H and O–H groups in total. The van der Waals surface area contributed by atoms with Crippen LogP contribution in [0, 0.1) is 6.92 Å². The molecule has 1 atom stereocenters. The van der Waals surface area contributed by atoms with Crippen molar-refractivity contribution in [3.63, 3.8) is 0 Å². The van der Waals surface area contributed by atoms with Crippen molar-refractivity contribution in [1.82, 2.24) is 14.4 Å². The van der Waals surface area contributed by atoms with E-state index in [1.54, 1.807) is 0 Å². The second-order valence-corrected chi connectivity index (χ2v) is 7.39. The Labute approximate surface area is 140 Å². The first-order chi connectivity index (χ1) is 11.0. The highest BCUT2D eigenvalue weighted by Crippen LogP contribution is 2.23. The van der Waals surface area contributed by atoms with Crippen LogP contribution in [0.25, 0.3) is 10.9 Å². The summed E-state index contributed by atoms with van der Waals surface area (Å²) in [6.07, 6.45) is 1.24. The summed E-state index contributed by atoms with van der Waals surface area (Å²) in [5.74, 6) is 0. The van der Waals surface area contributed by atoms with Gasteiger partial charge in [0.2, 0.25) is 0 Å². The highest BCUT2D eigenvalue weighted by molar-refractivity contribution is 5.82. The fraction of sp³-hybridized carbons (Fsp3) is 0.600. The zero-order valence-electron chi connectivity index (χ0n) is 15.3. The molecule has 0 unspecified atom stereocenters. The van der Waals surface area contributed by atoms with Crippen LogP contribution in [-0.2, 0) is 13.6 Å². The van der Waals surface area contributed by atoms with Crippen LogP contribution in [0.3, 0.4) is 0 Å². The topological polar surface area (TPSA) is 11.4 Å². The number of aryl methyl sites for hydroxylation is 2. The number of rotatable bonds is 4. The predicted octanol–water partition coefficient (Wildman–Crippen LogP) is 3.79. The maximum Gasteiger partial charge on any atom is 0.0480 e. The lowest BCUT2D eigenvalue weighted by molar-refractivity contribution is 0.0448. The van der Waals surface area contributed by atoms with Crippen LogP contribution >= 0.6 is 0 Å². The van der Waals surface area contributed by atoms with Gasteiger partial charge in [-0.3, -0.25) is 9.80 Å². The van der Waals surface area contributed by atoms with Gasteiger partial charge in [0.05, 0.1) is 0 Å². The van der Waals surface area contributed by atoms with Crippen molar-refractivity contribution in [2.45, 2.75) is 52.7 Å². The average molecular weight is 313 g/mol. The lowest BCUT2D eigenvalue weighted by Crippen LogP contribution is -2.54. The van der Waals surface area contributed by atoms with Crippen molar-refractivity contribution in [2.75, 3.05) is 19.6 Å². The van der Waals surface area contributed by atoms with E-state index in [1.807, 2.05) is 0 Å². The average Bonchev–Trinajstić information content (AvgIpc) is 2.82. The van der Waals surface area contributed by atoms with Gasteiger partial charge in [0.25, 0.3) is 0 Å². The number of aromatic nitrogens is 1. The van der Waals surface area contributed by atoms with Crippen molar-refractivity contribution < 1.29 is 0 Å². The van der Waals surface area contributed by atoms with Gasteiger partial charge in [0, 0.05) is 61.9 Å². The Bertz CT molecular complexity index is 671. The predicted molar refractivity (Wildman–Crippen MR) is 98.9 cm³/mol. The first-order valence-electron chi connectivity index (χ1n) is 9.02. The van der Waals surface area contributed by atoms with Crippen LogP contribution in [0.1, 0.15) is 38.4 Å². The first kappa shape index (κ1) is 16.5. The summed E-state index contributed by atoms with van der Waals surface area (Å²) in [5.41, 5.74) is 4.11. The summed E-state index contributed by atoms with van der Waals surface area (Å²) in [5, 5.41) is 1.37. The lowest BCUT2D eigenvalue weighted by Gasteiger charge is -2.43. The molecule has 2 aromatic rings. The fourth-order valence-electron chi connectivity index (χ4n) is 4.03. The van der Waals surface area contributed by atoms with E-state index in [0.717, 1.165) is 6.54 Å². The van der Waals surface area contributed by atoms with Crippen LogP contribution in [0.5, 0.6) is 0 Å². The van der Waals surface area contributed by atoms with E-state index in [1.165, 1.54) is 48.2 Å². The van der Waals surface area contributed by atoms with Crippen LogP contribution in [0.4, 0.5) is 0 Å². The minimum Gasteiger partial charge on any atom is -0.346 e. The largest absolute Gasteiger partial charge is 0.346 e. The van der Waals surface area contributed by atoms with Crippen LogP contribution in [0.2, 0.25) is 0 Å². The van der Waals surface area contributed by atoms with E-state index >= 15 is 0 Å². The van der Waals surface area contributed by atoms with E-state index in [0.29, 0.717) is 12.1 Å². The number of fused-ring (bicyclic) bond motifs is 1. The molecule has 3 heteroatoms. The molecule has 0 aliphatic carbocycles. The van der Waals surface area contributed by atoms with Crippen molar-refractivity contribution in [2.24, 2.45) is 7.05 Å². The van der Waals surface area contributed by atoms with E-state index < -0.39 is 0 Å². The SMILES string of the molecule is CC[C@H]1CN(Cc2cc3cc(C)ccc3n2C)CCN1C(C)C. The van der Waals surface area contributed by atoms with E-state index in [-0.39, 0.29) is 0 Å². The first-order valence-corrected chi connectivity index (χ1v) is 9.02. The summed E-state index contributed by atoms with van der Waals surface area (Å²) in [4.78, 5) is 5.30. The normalized spacial score (nSPS) is 20.7. The standard InChI is InChI=1S/C20H31N3/c1-6-18-13-22(9-10-23(18)15(2)3)14-19-12-17-11-16(4)7-8-20(17)21(19)5/h7-8,11-12,15,18H,6,9-10,13-14H2,1-5H3/t18-/m0/s1. The molecule has 0 amide bonds. The number of hydrogen-bond donors (Lipinski definition) is 0. The monoisotopic (exact) mass is 313 g/mol. The minimum absolute atomic E-state index is 0.655. The molecule has 0 radical (unpaired) electrons. The quantitative estimate of drug-likeness (QED) is 0.851. The smallest absolute Gasteiger partial charge is 0.0480 e. The zero-order valence-corrected chi connectivity index (χ0v) is 15.3. The molecule has 1 aliphatic heterocycles. The molecule has 3 rings (SSSR count). The molecule has 23 heavy (non-hydrogen) atoms. The molecule has 1 aromatic carbocycles. The molecule has 1 aromatic heterocycles. The third kappa shape index (κ3) is 3.31. The Hall–Kier alpha value is -1.32. The maximum absolute atomic E-state index is 2.67. The van der Waals surface area contributed by atoms with Crippen LogP contribution in [0.15, 0.2) is 24.3 Å². The number of hydrogen-bond acceptors (Lipinski definition) is 2. The van der Waals surface area contributed by atoms with Crippen molar-refractivity contribution >= 4 is 10.9 Å². The Morgan fingerprint density at radius 2 is 1.96 bits per heavy atom. The molecule has 2 heterocycles. The molecule has 1 saturated heterocycles. The third-order valence-corrected chi connectivity index (χ3v) is 5.43. The molecule has 0 bridgehead atoms. The van der Waals surface area contributed by atoms with Gasteiger partial charge in [0.1, 0.15) is 0 Å². The Morgan fingerprint density at radius 1 is 1.17 bits per heavy atom. The molecule has 126 valence electrons. The van der Waals surface area contributed by atoms with Gasteiger partial charge >= 0.3 is 0 Å². The summed E-state index contributed by atoms with van der Waals surface area (Å²) >= 11 is 0. The van der Waals surface area contributed by atoms with Crippen molar-refractivity contribution in [3.8, 4) is 0 Å². The second-order valence-electron chi connectivity index (χ2n) is 7.39. The lowest BCUT2D eigenvalue weighted by atomic mass is 10.1. The second kappa shape index (κ2) is 6.66. The molecule has 1 fully saturated rings. The molecular weight excluding hydrogens is 282 g/mol. The summed E-state index contributed by atoms with van der Waals surface area (Å²) in [6, 6.07) is 10.5. The highest BCUT2D eigenvalue weighted by Gasteiger charge is 2.27. The van der Waals surface area contributed by atoms with Gasteiger partial charge in [-0.15, -0.1) is 0 Å². The maximum atomic E-state index is 2.67. The highest BCUT2D eigenvalue weighted by atomic mass is 15.3. The van der Waals surface area contributed by atoms with Gasteiger partial charge in [0.15, 0.2) is 0 Å². The van der Waals surface area contributed by atoms with E-state index in [2.05, 4.69) is 73.4 Å². The van der Waals surface area contributed by atoms with Gasteiger partial charge in [-0.2, -0.15) is 0 Å². The Balaban J connectivity index is 1.76. The van der Waals surface area contributed by atoms with Gasteiger partial charge in [-0.25, -0.2) is 0 Å². The number of nitrogens with zero attached hydrogens (tertiary/aromatic N) is 3. The third-order valence-electron chi connectivity index (χ3n) is 5.43. The molecule has 1 aliphatic rings. The van der Waals surface area contributed by atoms with Crippen LogP contribution in [-0.4, -0.2) is 46.1 Å². The van der Waals surface area contributed by atoms with E-state index in [9.17, 15) is 0 Å². The molecule has 0 saturated carbocycles. The fourth-order valence-corrected chi connectivity index (χ4v) is 4.03. The zero-order chi connectivity index (χ0) is 16.6. The minimum atomic E-state index is 0.655. The summed E-state index contributed by atoms with van der Waals surface area (Å²) in [6.45, 7) is 13.8. The number of benzene rings is 1. The van der Waals surface area contributed by atoms with Gasteiger partial charge in [-0.1, -0.05) is 18.6 Å². The van der Waals surface area contributed by atoms with Gasteiger partial charge < -0.3 is 4.57 Å². The molecular formula is C20H31N3. The Morgan fingerprint density at radius 3 is 2.65 bits per heavy atom. The van der Waals surface area contributed by atoms with Crippen molar-refractivity contribution in [3.05, 3.63) is 35.5 Å². The van der Waals surface area contributed by atoms with Gasteiger partial charge in [-0.05, 0) is 45.4 Å². The molecule has 0 spiro atoms. The molecule has 3 nitrogen and oxygen atoms in total.